The minimum absolute atomic E-state index is 0.0528. The van der Waals surface area contributed by atoms with E-state index in [4.69, 9.17) is 0 Å². The number of rotatable bonds is 9. The summed E-state index contributed by atoms with van der Waals surface area (Å²) >= 11 is 0. The molecule has 1 aromatic heterocycles. The van der Waals surface area contributed by atoms with E-state index >= 15 is 8.78 Å². The smallest absolute Gasteiger partial charge is 0.251 e. The molecule has 2 aliphatic carbocycles. The molecule has 10 rings (SSSR count). The predicted molar refractivity (Wildman–Crippen MR) is 230 cm³/mol. The number of likely N-dealkylation sites (tertiary alicyclic amines) is 1. The second-order valence-electron chi connectivity index (χ2n) is 19.1. The van der Waals surface area contributed by atoms with Gasteiger partial charge in [0.25, 0.3) is 6.43 Å². The number of anilines is 1. The van der Waals surface area contributed by atoms with Crippen molar-refractivity contribution >= 4 is 34.1 Å². The van der Waals surface area contributed by atoms with Crippen molar-refractivity contribution in [3.8, 4) is 0 Å². The van der Waals surface area contributed by atoms with Crippen molar-refractivity contribution in [1.82, 2.24) is 20.1 Å². The maximum Gasteiger partial charge on any atom is 0.251 e. The van der Waals surface area contributed by atoms with Gasteiger partial charge < -0.3 is 20.1 Å². The molecule has 4 aromatic rings. The predicted octanol–water partition coefficient (Wildman–Crippen LogP) is 8.50. The molecule has 1 amide bonds. The third kappa shape index (κ3) is 7.48. The number of nitrogens with zero attached hydrogens (tertiary/aromatic N) is 3. The Morgan fingerprint density at radius 3 is 2.27 bits per heavy atom. The summed E-state index contributed by atoms with van der Waals surface area (Å²) in [6.45, 7) is 8.25. The molecule has 3 fully saturated rings. The number of halogens is 4. The summed E-state index contributed by atoms with van der Waals surface area (Å²) in [6, 6.07) is 13.5. The fourth-order valence-corrected chi connectivity index (χ4v) is 12.1. The highest BCUT2D eigenvalue weighted by Crippen LogP contribution is 2.44. The van der Waals surface area contributed by atoms with Crippen LogP contribution in [0.3, 0.4) is 0 Å². The molecule has 3 saturated heterocycles. The first-order chi connectivity index (χ1) is 29.9. The van der Waals surface area contributed by atoms with Crippen LogP contribution in [0.5, 0.6) is 0 Å². The zero-order valence-electron chi connectivity index (χ0n) is 35.3. The molecule has 3 unspecified atom stereocenters. The van der Waals surface area contributed by atoms with Crippen LogP contribution in [0.2, 0.25) is 0 Å². The highest BCUT2D eigenvalue weighted by Gasteiger charge is 2.43. The fraction of sp³-hybridized carbons (Fsp3) is 0.500. The van der Waals surface area contributed by atoms with E-state index in [0.717, 1.165) is 71.9 Å². The van der Waals surface area contributed by atoms with Crippen molar-refractivity contribution in [3.63, 3.8) is 0 Å². The maximum atomic E-state index is 16.3. The van der Waals surface area contributed by atoms with Gasteiger partial charge in [0.15, 0.2) is 5.78 Å². The number of allylic oxidation sites excluding steroid dienone is 1. The van der Waals surface area contributed by atoms with Crippen LogP contribution in [0.25, 0.3) is 10.9 Å². The van der Waals surface area contributed by atoms with Gasteiger partial charge in [-0.15, -0.1) is 0 Å². The Morgan fingerprint density at radius 2 is 1.56 bits per heavy atom. The monoisotopic (exact) mass is 849 g/mol. The lowest BCUT2D eigenvalue weighted by Crippen LogP contribution is -2.48. The van der Waals surface area contributed by atoms with Gasteiger partial charge >= 0.3 is 0 Å². The molecule has 0 spiro atoms. The van der Waals surface area contributed by atoms with Crippen LogP contribution in [-0.4, -0.2) is 83.5 Å². The molecule has 0 bridgehead atoms. The van der Waals surface area contributed by atoms with Crippen molar-refractivity contribution < 1.29 is 31.9 Å². The number of aromatic amines is 1. The number of amides is 1. The summed E-state index contributed by atoms with van der Waals surface area (Å²) in [5.74, 6) is -1.57. The quantitative estimate of drug-likeness (QED) is 0.165. The van der Waals surface area contributed by atoms with Crippen molar-refractivity contribution in [3.05, 3.63) is 112 Å². The number of carbonyl (C=O) groups excluding carboxylic acids is 3. The summed E-state index contributed by atoms with van der Waals surface area (Å²) in [7, 11) is 0. The lowest BCUT2D eigenvalue weighted by atomic mass is 9.82. The number of benzene rings is 3. The summed E-state index contributed by atoms with van der Waals surface area (Å²) in [5, 5.41) is 3.78. The Labute approximate surface area is 360 Å². The normalized spacial score (nSPS) is 26.3. The first kappa shape index (κ1) is 41.2. The molecule has 0 saturated carbocycles. The molecule has 3 aromatic carbocycles. The Kier molecular flexibility index (Phi) is 10.9. The molecule has 326 valence electrons. The number of nitrogens with one attached hydrogen (secondary N) is 2. The Bertz CT molecular complexity index is 2430. The zero-order chi connectivity index (χ0) is 43.0. The van der Waals surface area contributed by atoms with Crippen LogP contribution in [-0.2, 0) is 35.3 Å². The maximum absolute atomic E-state index is 16.3. The van der Waals surface area contributed by atoms with E-state index < -0.39 is 30.6 Å². The van der Waals surface area contributed by atoms with Crippen LogP contribution < -0.4 is 10.2 Å². The van der Waals surface area contributed by atoms with Crippen LogP contribution >= 0.6 is 0 Å². The third-order valence-electron chi connectivity index (χ3n) is 15.4. The fourth-order valence-electron chi connectivity index (χ4n) is 12.1. The van der Waals surface area contributed by atoms with E-state index in [9.17, 15) is 23.2 Å². The highest BCUT2D eigenvalue weighted by molar-refractivity contribution is 6.05. The topological polar surface area (TPSA) is 88.8 Å². The summed E-state index contributed by atoms with van der Waals surface area (Å²) in [6.07, 6.45) is 5.33. The van der Waals surface area contributed by atoms with Crippen LogP contribution in [0.15, 0.2) is 60.8 Å². The lowest BCUT2D eigenvalue weighted by Gasteiger charge is -2.43. The summed E-state index contributed by atoms with van der Waals surface area (Å²) in [5.41, 5.74) is 7.30. The number of H-pyrrole nitrogens is 1. The molecular formula is C50H55F4N5O3. The van der Waals surface area contributed by atoms with Gasteiger partial charge in [0, 0.05) is 88.5 Å². The van der Waals surface area contributed by atoms with Crippen molar-refractivity contribution in [2.24, 2.45) is 23.7 Å². The number of alkyl halides is 2. The van der Waals surface area contributed by atoms with Crippen molar-refractivity contribution in [2.75, 3.05) is 37.6 Å². The van der Waals surface area contributed by atoms with Crippen LogP contribution in [0.1, 0.15) is 102 Å². The van der Waals surface area contributed by atoms with Gasteiger partial charge in [-0.2, -0.15) is 0 Å². The molecule has 8 nitrogen and oxygen atoms in total. The third-order valence-corrected chi connectivity index (χ3v) is 15.4. The molecule has 2 N–H and O–H groups in total. The Morgan fingerprint density at radius 1 is 0.855 bits per heavy atom. The van der Waals surface area contributed by atoms with Crippen molar-refractivity contribution in [2.45, 2.75) is 102 Å². The second kappa shape index (κ2) is 16.4. The molecule has 0 radical (unpaired) electrons. The van der Waals surface area contributed by atoms with E-state index in [0.29, 0.717) is 92.9 Å². The SMILES string of the molecule is C=C1CCC(C2Cc3cc4c(cc3C2=O)CC(C(=O)CC2CCN(C3CCN(c5cc(F)c([C@@H]6c7[nH]c8ccccc8c7C[C@@H](C)N6CC(F)F)c(F)c5)CC3)CC2)C4)C(=O)N1. The van der Waals surface area contributed by atoms with Gasteiger partial charge in [0.05, 0.1) is 12.6 Å². The Balaban J connectivity index is 0.729. The van der Waals surface area contributed by atoms with E-state index in [1.165, 1.54) is 22.6 Å². The number of carbonyl (C=O) groups is 3. The average Bonchev–Trinajstić information content (AvgIpc) is 3.93. The van der Waals surface area contributed by atoms with Crippen LogP contribution in [0, 0.1) is 35.3 Å². The van der Waals surface area contributed by atoms with E-state index in [1.54, 1.807) is 0 Å². The first-order valence-electron chi connectivity index (χ1n) is 22.7. The second-order valence-corrected chi connectivity index (χ2v) is 19.1. The number of para-hydroxylation sites is 1. The Hall–Kier alpha value is -4.81. The number of aromatic nitrogens is 1. The summed E-state index contributed by atoms with van der Waals surface area (Å²) in [4.78, 5) is 49.2. The molecule has 6 aliphatic rings. The largest absolute Gasteiger partial charge is 0.371 e. The number of fused-ring (bicyclic) bond motifs is 5. The summed E-state index contributed by atoms with van der Waals surface area (Å²) < 4.78 is 60.5. The number of ketones is 2. The van der Waals surface area contributed by atoms with Gasteiger partial charge in [0.1, 0.15) is 17.4 Å². The number of hydrogen-bond acceptors (Lipinski definition) is 6. The van der Waals surface area contributed by atoms with Gasteiger partial charge in [-0.05, 0) is 137 Å². The van der Waals surface area contributed by atoms with Gasteiger partial charge in [-0.1, -0.05) is 30.8 Å². The van der Waals surface area contributed by atoms with E-state index in [2.05, 4.69) is 27.8 Å². The number of Topliss-reactive ketones (excluding diaryl/α,β-unsaturated/α-hetero) is 2. The number of hydrogen-bond donors (Lipinski definition) is 2. The van der Waals surface area contributed by atoms with E-state index in [-0.39, 0.29) is 41.0 Å². The lowest BCUT2D eigenvalue weighted by molar-refractivity contribution is -0.127. The molecule has 4 aliphatic heterocycles. The van der Waals surface area contributed by atoms with Gasteiger partial charge in [0.2, 0.25) is 5.91 Å². The molecule has 5 heterocycles. The van der Waals surface area contributed by atoms with Gasteiger partial charge in [-0.3, -0.25) is 19.3 Å². The van der Waals surface area contributed by atoms with Crippen LogP contribution in [0.4, 0.5) is 23.2 Å². The molecule has 5 atom stereocenters. The van der Waals surface area contributed by atoms with Gasteiger partial charge in [-0.25, -0.2) is 17.6 Å². The molecule has 12 heteroatoms. The minimum atomic E-state index is -2.66. The standard InChI is InChI=1S/C50H55F4N5O3/c1-27-7-8-37(50(62)55-27)40-23-32-19-30-20-33(21-31(30)22-38(32)49(40)61)44(60)18-29-9-13-57(14-10-29)34-11-15-58(16-12-34)35-24-41(51)46(42(52)25-35)48-47-39(17-28(2)59(48)26-45(53)54)36-5-3-4-6-43(36)56-47/h3-6,19,22,24-25,28-29,33-34,37,40,45,48,56H,1,7-18,20-21,23,26H2,2H3,(H,55,62)/t28-,33?,37?,40?,48-/m1/s1. The average molecular weight is 850 g/mol. The minimum Gasteiger partial charge on any atom is -0.371 e. The molecule has 62 heavy (non-hydrogen) atoms. The first-order valence-corrected chi connectivity index (χ1v) is 22.7. The number of piperidine rings is 3. The molecular weight excluding hydrogens is 795 g/mol. The highest BCUT2D eigenvalue weighted by atomic mass is 19.3. The van der Waals surface area contributed by atoms with Crippen molar-refractivity contribution in [1.29, 1.82) is 0 Å². The van der Waals surface area contributed by atoms with E-state index in [1.807, 2.05) is 42.2 Å². The zero-order valence-corrected chi connectivity index (χ0v) is 35.3.